The Labute approximate surface area is 201 Å². The summed E-state index contributed by atoms with van der Waals surface area (Å²) in [4.78, 5) is 53.5. The van der Waals surface area contributed by atoms with Crippen molar-refractivity contribution >= 4 is 55.2 Å². The number of allylic oxidation sites excluding steroid dienone is 6. The lowest BCUT2D eigenvalue weighted by molar-refractivity contribution is -0.139. The highest BCUT2D eigenvalue weighted by molar-refractivity contribution is 9.12. The topological polar surface area (TPSA) is 91.8 Å². The summed E-state index contributed by atoms with van der Waals surface area (Å²) in [6, 6.07) is 4.98. The third-order valence-corrected chi connectivity index (χ3v) is 8.12. The molecular formula is C24H19Br2NO5. The fraction of sp³-hybridized carbons (Fsp3) is 0.333. The Hall–Kier alpha value is -2.32. The number of Topliss-reactive ketones (excluding diaryl/α,β-unsaturated/α-hetero) is 1. The van der Waals surface area contributed by atoms with Crippen molar-refractivity contribution in [3.05, 3.63) is 61.6 Å². The van der Waals surface area contributed by atoms with Crippen LogP contribution in [0.2, 0.25) is 0 Å². The van der Waals surface area contributed by atoms with Crippen molar-refractivity contribution in [2.24, 2.45) is 17.8 Å². The molecular weight excluding hydrogens is 542 g/mol. The highest BCUT2D eigenvalue weighted by Crippen LogP contribution is 2.56. The van der Waals surface area contributed by atoms with E-state index in [9.17, 15) is 24.3 Å². The molecule has 5 rings (SSSR count). The summed E-state index contributed by atoms with van der Waals surface area (Å²) >= 11 is 6.63. The van der Waals surface area contributed by atoms with Gasteiger partial charge in [-0.05, 0) is 59.8 Å². The van der Waals surface area contributed by atoms with E-state index in [-0.39, 0.29) is 46.0 Å². The van der Waals surface area contributed by atoms with Crippen LogP contribution in [-0.4, -0.2) is 39.9 Å². The van der Waals surface area contributed by atoms with E-state index in [0.717, 1.165) is 10.0 Å². The number of fused-ring (bicyclic) bond motifs is 3. The molecule has 4 atom stereocenters. The van der Waals surface area contributed by atoms with Gasteiger partial charge < -0.3 is 5.11 Å². The quantitative estimate of drug-likeness (QED) is 0.336. The van der Waals surface area contributed by atoms with Crippen molar-refractivity contribution in [3.8, 4) is 5.75 Å². The number of benzene rings is 1. The number of hydrogen-bond acceptors (Lipinski definition) is 5. The molecule has 4 aliphatic rings. The molecule has 0 aromatic heterocycles. The Morgan fingerprint density at radius 3 is 2.56 bits per heavy atom. The van der Waals surface area contributed by atoms with E-state index in [4.69, 9.17) is 0 Å². The van der Waals surface area contributed by atoms with E-state index in [0.29, 0.717) is 29.7 Å². The maximum atomic E-state index is 13.2. The smallest absolute Gasteiger partial charge is 0.233 e. The first-order chi connectivity index (χ1) is 15.2. The Bertz CT molecular complexity index is 1210. The summed E-state index contributed by atoms with van der Waals surface area (Å²) in [5.74, 6) is -3.04. The second-order valence-electron chi connectivity index (χ2n) is 8.52. The summed E-state index contributed by atoms with van der Waals surface area (Å²) in [6.45, 7) is 2.08. The van der Waals surface area contributed by atoms with Crippen LogP contribution in [0.15, 0.2) is 56.0 Å². The fourth-order valence-corrected chi connectivity index (χ4v) is 6.52. The fourth-order valence-electron chi connectivity index (χ4n) is 5.70. The molecule has 1 aliphatic heterocycles. The molecule has 1 saturated heterocycles. The van der Waals surface area contributed by atoms with Gasteiger partial charge in [0.15, 0.2) is 11.6 Å². The van der Waals surface area contributed by atoms with Crippen molar-refractivity contribution in [3.63, 3.8) is 0 Å². The highest BCUT2D eigenvalue weighted by Gasteiger charge is 2.56. The van der Waals surface area contributed by atoms with Gasteiger partial charge in [0.05, 0.1) is 16.3 Å². The van der Waals surface area contributed by atoms with E-state index >= 15 is 0 Å². The molecule has 0 saturated carbocycles. The van der Waals surface area contributed by atoms with Crippen molar-refractivity contribution in [1.29, 1.82) is 0 Å². The lowest BCUT2D eigenvalue weighted by atomic mass is 9.59. The normalized spacial score (nSPS) is 29.5. The van der Waals surface area contributed by atoms with Crippen LogP contribution in [-0.2, 0) is 19.2 Å². The first kappa shape index (κ1) is 21.5. The van der Waals surface area contributed by atoms with Crippen LogP contribution in [0.1, 0.15) is 31.2 Å². The van der Waals surface area contributed by atoms with Gasteiger partial charge in [0.2, 0.25) is 11.8 Å². The second-order valence-corrected chi connectivity index (χ2v) is 10.3. The molecule has 4 unspecified atom stereocenters. The number of phenols is 1. The Balaban J connectivity index is 1.73. The number of carbonyl (C=O) groups is 4. The van der Waals surface area contributed by atoms with Crippen molar-refractivity contribution in [2.45, 2.75) is 25.7 Å². The van der Waals surface area contributed by atoms with E-state index in [1.807, 2.05) is 6.08 Å². The molecule has 0 spiro atoms. The van der Waals surface area contributed by atoms with Crippen LogP contribution < -0.4 is 0 Å². The summed E-state index contributed by atoms with van der Waals surface area (Å²) < 4.78 is 0.904. The van der Waals surface area contributed by atoms with Gasteiger partial charge in [-0.15, -0.1) is 0 Å². The number of nitrogens with zero attached hydrogens (tertiary/aromatic N) is 1. The number of halogens is 2. The van der Waals surface area contributed by atoms with Crippen molar-refractivity contribution in [1.82, 2.24) is 4.90 Å². The molecule has 1 aromatic rings. The number of hydrogen-bond donors (Lipinski definition) is 1. The minimum Gasteiger partial charge on any atom is -0.508 e. The van der Waals surface area contributed by atoms with Crippen LogP contribution in [0, 0.1) is 17.8 Å². The second kappa shape index (κ2) is 7.63. The van der Waals surface area contributed by atoms with Gasteiger partial charge in [-0.2, -0.15) is 0 Å². The van der Waals surface area contributed by atoms with Gasteiger partial charge in [0.1, 0.15) is 5.75 Å². The zero-order chi connectivity index (χ0) is 22.9. The predicted molar refractivity (Wildman–Crippen MR) is 123 cm³/mol. The SMILES string of the molecule is CCN1C(=O)C2CC=C3C(c4cc(Br)ccc4O)C4=C(CC3C2C1=O)C(=O)C(Br)=CC4=O. The summed E-state index contributed by atoms with van der Waals surface area (Å²) in [6.07, 6.45) is 3.83. The van der Waals surface area contributed by atoms with E-state index in [1.54, 1.807) is 25.1 Å². The molecule has 164 valence electrons. The summed E-state index contributed by atoms with van der Waals surface area (Å²) in [5.41, 5.74) is 2.02. The summed E-state index contributed by atoms with van der Waals surface area (Å²) in [5, 5.41) is 10.7. The molecule has 1 aromatic carbocycles. The maximum absolute atomic E-state index is 13.2. The van der Waals surface area contributed by atoms with Gasteiger partial charge in [-0.3, -0.25) is 24.1 Å². The molecule has 32 heavy (non-hydrogen) atoms. The number of rotatable bonds is 2. The maximum Gasteiger partial charge on any atom is 0.233 e. The molecule has 1 fully saturated rings. The van der Waals surface area contributed by atoms with Crippen molar-refractivity contribution in [2.75, 3.05) is 6.54 Å². The number of amides is 2. The molecule has 0 bridgehead atoms. The minimum atomic E-state index is -0.658. The van der Waals surface area contributed by atoms with E-state index in [1.165, 1.54) is 11.0 Å². The number of aromatic hydroxyl groups is 1. The largest absolute Gasteiger partial charge is 0.508 e. The highest BCUT2D eigenvalue weighted by atomic mass is 79.9. The lowest BCUT2D eigenvalue weighted by Crippen LogP contribution is -2.39. The molecule has 0 radical (unpaired) electrons. The zero-order valence-corrected chi connectivity index (χ0v) is 20.3. The zero-order valence-electron chi connectivity index (χ0n) is 17.1. The molecule has 8 heteroatoms. The average molecular weight is 561 g/mol. The van der Waals surface area contributed by atoms with E-state index < -0.39 is 17.8 Å². The summed E-state index contributed by atoms with van der Waals surface area (Å²) in [7, 11) is 0. The Kier molecular flexibility index (Phi) is 5.13. The Morgan fingerprint density at radius 1 is 1.09 bits per heavy atom. The van der Waals surface area contributed by atoms with Gasteiger partial charge >= 0.3 is 0 Å². The van der Waals surface area contributed by atoms with Crippen molar-refractivity contribution < 1.29 is 24.3 Å². The lowest BCUT2D eigenvalue weighted by Gasteiger charge is -2.42. The molecule has 2 amide bonds. The third kappa shape index (κ3) is 2.95. The van der Waals surface area contributed by atoms with E-state index in [2.05, 4.69) is 31.9 Å². The molecule has 6 nitrogen and oxygen atoms in total. The van der Waals surface area contributed by atoms with Crippen LogP contribution in [0.25, 0.3) is 0 Å². The third-order valence-electron chi connectivity index (χ3n) is 7.04. The number of ketones is 2. The number of imide groups is 1. The predicted octanol–water partition coefficient (Wildman–Crippen LogP) is 3.94. The van der Waals surface area contributed by atoms with Crippen LogP contribution in [0.3, 0.4) is 0 Å². The minimum absolute atomic E-state index is 0.00611. The molecule has 3 aliphatic carbocycles. The monoisotopic (exact) mass is 559 g/mol. The Morgan fingerprint density at radius 2 is 1.84 bits per heavy atom. The van der Waals surface area contributed by atoms with Gasteiger partial charge in [-0.1, -0.05) is 27.6 Å². The van der Waals surface area contributed by atoms with Crippen LogP contribution >= 0.6 is 31.9 Å². The van der Waals surface area contributed by atoms with Crippen LogP contribution in [0.5, 0.6) is 5.75 Å². The number of likely N-dealkylation sites (tertiary alicyclic amines) is 1. The first-order valence-electron chi connectivity index (χ1n) is 10.5. The molecule has 1 heterocycles. The van der Waals surface area contributed by atoms with Gasteiger partial charge in [-0.25, -0.2) is 0 Å². The standard InChI is InChI=1S/C24H19Br2NO5/c1-2-27-23(31)12-5-4-11-13(20(12)24(27)32)8-15-21(18(29)9-16(26)22(15)30)19(11)14-7-10(25)3-6-17(14)28/h3-4,6-7,9,12-13,19-20,28H,2,5,8H2,1H3. The average Bonchev–Trinajstić information content (AvgIpc) is 3.02. The molecule has 1 N–H and O–H groups in total. The van der Waals surface area contributed by atoms with Gasteiger partial charge in [0, 0.05) is 39.7 Å². The number of carbonyl (C=O) groups excluding carboxylic acids is 4. The number of phenolic OH excluding ortho intramolecular Hbond substituents is 1. The van der Waals surface area contributed by atoms with Gasteiger partial charge in [0.25, 0.3) is 0 Å². The van der Waals surface area contributed by atoms with Crippen LogP contribution in [0.4, 0.5) is 0 Å². The first-order valence-corrected chi connectivity index (χ1v) is 12.1.